The molecular formula is C22H28N2O4S2. The summed E-state index contributed by atoms with van der Waals surface area (Å²) < 4.78 is 55.9. The fraction of sp³-hybridized carbons (Fsp3) is 0.455. The summed E-state index contributed by atoms with van der Waals surface area (Å²) in [7, 11) is -7.35. The van der Waals surface area contributed by atoms with Crippen molar-refractivity contribution in [3.63, 3.8) is 0 Å². The molecule has 1 aliphatic carbocycles. The lowest BCUT2D eigenvalue weighted by Crippen LogP contribution is -2.37. The van der Waals surface area contributed by atoms with Crippen molar-refractivity contribution in [3.8, 4) is 0 Å². The molecule has 162 valence electrons. The molecule has 1 atom stereocenters. The van der Waals surface area contributed by atoms with E-state index in [2.05, 4.69) is 11.6 Å². The van der Waals surface area contributed by atoms with E-state index in [1.165, 1.54) is 34.1 Å². The van der Waals surface area contributed by atoms with Gasteiger partial charge >= 0.3 is 0 Å². The van der Waals surface area contributed by atoms with Crippen LogP contribution in [0.25, 0.3) is 0 Å². The van der Waals surface area contributed by atoms with Crippen LogP contribution < -0.4 is 4.72 Å². The summed E-state index contributed by atoms with van der Waals surface area (Å²) in [5.74, 6) is 0.528. The Hall–Kier alpha value is -1.74. The van der Waals surface area contributed by atoms with E-state index in [1.807, 2.05) is 24.3 Å². The van der Waals surface area contributed by atoms with E-state index in [9.17, 15) is 16.8 Å². The zero-order valence-corrected chi connectivity index (χ0v) is 18.8. The van der Waals surface area contributed by atoms with E-state index in [1.54, 1.807) is 0 Å². The van der Waals surface area contributed by atoms with Gasteiger partial charge in [-0.3, -0.25) is 0 Å². The molecule has 1 aliphatic heterocycles. The van der Waals surface area contributed by atoms with E-state index in [0.717, 1.165) is 37.7 Å². The number of sulfonamides is 2. The van der Waals surface area contributed by atoms with E-state index in [0.29, 0.717) is 19.0 Å². The van der Waals surface area contributed by atoms with Gasteiger partial charge in [-0.25, -0.2) is 21.6 Å². The number of nitrogens with zero attached hydrogens (tertiary/aromatic N) is 1. The molecule has 0 spiro atoms. The molecule has 2 aromatic rings. The van der Waals surface area contributed by atoms with Gasteiger partial charge < -0.3 is 0 Å². The molecule has 6 nitrogen and oxygen atoms in total. The topological polar surface area (TPSA) is 83.6 Å². The highest BCUT2D eigenvalue weighted by Crippen LogP contribution is 2.31. The van der Waals surface area contributed by atoms with Crippen molar-refractivity contribution in [3.05, 3.63) is 59.7 Å². The van der Waals surface area contributed by atoms with Gasteiger partial charge in [0.05, 0.1) is 9.79 Å². The SMILES string of the molecule is CC1CCN(S(=O)(=O)c2ccc(S(=O)(=O)NC3CCCc4ccccc43)cc2)CC1. The maximum absolute atomic E-state index is 12.9. The largest absolute Gasteiger partial charge is 0.243 e. The lowest BCUT2D eigenvalue weighted by Gasteiger charge is -2.29. The minimum Gasteiger partial charge on any atom is -0.207 e. The molecule has 2 aliphatic rings. The van der Waals surface area contributed by atoms with Crippen LogP contribution in [-0.2, 0) is 26.5 Å². The van der Waals surface area contributed by atoms with Crippen LogP contribution in [0.2, 0.25) is 0 Å². The Morgan fingerprint density at radius 3 is 2.20 bits per heavy atom. The third kappa shape index (κ3) is 4.32. The van der Waals surface area contributed by atoms with Gasteiger partial charge in [0, 0.05) is 19.1 Å². The van der Waals surface area contributed by atoms with Crippen molar-refractivity contribution in [1.82, 2.24) is 9.03 Å². The minimum atomic E-state index is -3.76. The van der Waals surface area contributed by atoms with Crippen LogP contribution >= 0.6 is 0 Å². The highest BCUT2D eigenvalue weighted by atomic mass is 32.2. The number of aryl methyl sites for hydroxylation is 1. The molecular weight excluding hydrogens is 420 g/mol. The Morgan fingerprint density at radius 1 is 0.867 bits per heavy atom. The smallest absolute Gasteiger partial charge is 0.207 e. The first-order chi connectivity index (χ1) is 14.3. The van der Waals surface area contributed by atoms with E-state index in [4.69, 9.17) is 0 Å². The molecule has 1 N–H and O–H groups in total. The quantitative estimate of drug-likeness (QED) is 0.759. The molecule has 2 aromatic carbocycles. The summed E-state index contributed by atoms with van der Waals surface area (Å²) in [5.41, 5.74) is 2.19. The average molecular weight is 449 g/mol. The van der Waals surface area contributed by atoms with Crippen molar-refractivity contribution < 1.29 is 16.8 Å². The molecule has 0 aromatic heterocycles. The summed E-state index contributed by atoms with van der Waals surface area (Å²) in [6.07, 6.45) is 4.32. The highest BCUT2D eigenvalue weighted by Gasteiger charge is 2.29. The molecule has 0 saturated carbocycles. The third-order valence-electron chi connectivity index (χ3n) is 6.18. The van der Waals surface area contributed by atoms with Gasteiger partial charge in [-0.05, 0) is 73.4 Å². The summed E-state index contributed by atoms with van der Waals surface area (Å²) in [4.78, 5) is 0.218. The molecule has 1 fully saturated rings. The highest BCUT2D eigenvalue weighted by molar-refractivity contribution is 7.89. The van der Waals surface area contributed by atoms with Crippen molar-refractivity contribution in [2.45, 2.75) is 54.9 Å². The van der Waals surface area contributed by atoms with Crippen LogP contribution in [0.3, 0.4) is 0 Å². The first kappa shape index (κ1) is 21.5. The second kappa shape index (κ2) is 8.42. The molecule has 0 bridgehead atoms. The van der Waals surface area contributed by atoms with Gasteiger partial charge in [0.25, 0.3) is 0 Å². The fourth-order valence-corrected chi connectivity index (χ4v) is 7.02. The minimum absolute atomic E-state index is 0.0803. The molecule has 30 heavy (non-hydrogen) atoms. The summed E-state index contributed by atoms with van der Waals surface area (Å²) >= 11 is 0. The molecule has 1 saturated heterocycles. The van der Waals surface area contributed by atoms with Crippen molar-refractivity contribution in [2.75, 3.05) is 13.1 Å². The Balaban J connectivity index is 1.52. The van der Waals surface area contributed by atoms with Gasteiger partial charge in [-0.1, -0.05) is 31.2 Å². The molecule has 4 rings (SSSR count). The number of hydrogen-bond acceptors (Lipinski definition) is 4. The first-order valence-electron chi connectivity index (χ1n) is 10.5. The van der Waals surface area contributed by atoms with Crippen LogP contribution in [0, 0.1) is 5.92 Å². The van der Waals surface area contributed by atoms with Crippen molar-refractivity contribution >= 4 is 20.0 Å². The molecule has 0 amide bonds. The normalized spacial score (nSPS) is 21.3. The number of nitrogens with one attached hydrogen (secondary N) is 1. The monoisotopic (exact) mass is 448 g/mol. The van der Waals surface area contributed by atoms with Gasteiger partial charge in [0.1, 0.15) is 0 Å². The zero-order chi connectivity index (χ0) is 21.4. The molecule has 1 heterocycles. The van der Waals surface area contributed by atoms with Gasteiger partial charge in [0.2, 0.25) is 20.0 Å². The van der Waals surface area contributed by atoms with Crippen LogP contribution in [-0.4, -0.2) is 34.2 Å². The van der Waals surface area contributed by atoms with Crippen LogP contribution in [0.15, 0.2) is 58.3 Å². The van der Waals surface area contributed by atoms with Gasteiger partial charge in [-0.2, -0.15) is 4.31 Å². The number of hydrogen-bond donors (Lipinski definition) is 1. The molecule has 1 unspecified atom stereocenters. The standard InChI is InChI=1S/C22H28N2O4S2/c1-17-13-15-24(16-14-17)30(27,28)20-11-9-19(10-12-20)29(25,26)23-22-8-4-6-18-5-2-3-7-21(18)22/h2-3,5,7,9-12,17,22-23H,4,6,8,13-16H2,1H3. The maximum Gasteiger partial charge on any atom is 0.243 e. The molecule has 0 radical (unpaired) electrons. The van der Waals surface area contributed by atoms with Crippen LogP contribution in [0.4, 0.5) is 0 Å². The Morgan fingerprint density at radius 2 is 1.50 bits per heavy atom. The van der Waals surface area contributed by atoms with Crippen LogP contribution in [0.5, 0.6) is 0 Å². The summed E-state index contributed by atoms with van der Waals surface area (Å²) in [6, 6.07) is 13.2. The predicted octanol–water partition coefficient (Wildman–Crippen LogP) is 3.46. The lowest BCUT2D eigenvalue weighted by molar-refractivity contribution is 0.288. The predicted molar refractivity (Wildman–Crippen MR) is 116 cm³/mol. The van der Waals surface area contributed by atoms with E-state index < -0.39 is 20.0 Å². The van der Waals surface area contributed by atoms with Gasteiger partial charge in [-0.15, -0.1) is 0 Å². The Labute approximate surface area is 179 Å². The van der Waals surface area contributed by atoms with E-state index in [-0.39, 0.29) is 15.8 Å². The first-order valence-corrected chi connectivity index (χ1v) is 13.4. The second-order valence-corrected chi connectivity index (χ2v) is 12.0. The maximum atomic E-state index is 12.9. The number of piperidine rings is 1. The third-order valence-corrected chi connectivity index (χ3v) is 9.58. The number of benzene rings is 2. The van der Waals surface area contributed by atoms with Crippen LogP contribution in [0.1, 0.15) is 49.8 Å². The number of fused-ring (bicyclic) bond motifs is 1. The van der Waals surface area contributed by atoms with Crippen molar-refractivity contribution in [1.29, 1.82) is 0 Å². The lowest BCUT2D eigenvalue weighted by atomic mass is 9.88. The second-order valence-electron chi connectivity index (χ2n) is 8.32. The fourth-order valence-electron chi connectivity index (χ4n) is 4.30. The van der Waals surface area contributed by atoms with Gasteiger partial charge in [0.15, 0.2) is 0 Å². The van der Waals surface area contributed by atoms with Crippen molar-refractivity contribution in [2.24, 2.45) is 5.92 Å². The summed E-state index contributed by atoms with van der Waals surface area (Å²) in [6.45, 7) is 3.14. The Bertz CT molecular complexity index is 1100. The van der Waals surface area contributed by atoms with E-state index >= 15 is 0 Å². The zero-order valence-electron chi connectivity index (χ0n) is 17.1. The molecule has 8 heteroatoms. The Kier molecular flexibility index (Phi) is 6.03. The summed E-state index contributed by atoms with van der Waals surface area (Å²) in [5, 5.41) is 0. The number of rotatable bonds is 5. The average Bonchev–Trinajstić information content (AvgIpc) is 2.74.